The van der Waals surface area contributed by atoms with Gasteiger partial charge in [0.15, 0.2) is 0 Å². The third-order valence-electron chi connectivity index (χ3n) is 2.93. The second-order valence-corrected chi connectivity index (χ2v) is 4.50. The summed E-state index contributed by atoms with van der Waals surface area (Å²) in [5.41, 5.74) is 0.507. The molecule has 2 heterocycles. The minimum Gasteiger partial charge on any atom is -0.337 e. The Morgan fingerprint density at radius 2 is 2.21 bits per heavy atom. The minimum atomic E-state index is -0.364. The van der Waals surface area contributed by atoms with Crippen molar-refractivity contribution in [3.8, 4) is 0 Å². The predicted molar refractivity (Wildman–Crippen MR) is 70.8 cm³/mol. The molecule has 6 heteroatoms. The van der Waals surface area contributed by atoms with Crippen molar-refractivity contribution in [1.29, 1.82) is 0 Å². The molecule has 0 radical (unpaired) electrons. The van der Waals surface area contributed by atoms with Gasteiger partial charge in [0, 0.05) is 32.2 Å². The van der Waals surface area contributed by atoms with Crippen molar-refractivity contribution in [1.82, 2.24) is 19.4 Å². The lowest BCUT2D eigenvalue weighted by atomic mass is 10.2. The molecule has 2 aromatic heterocycles. The first-order valence-corrected chi connectivity index (χ1v) is 5.90. The smallest absolute Gasteiger partial charge is 0.260 e. The first-order valence-electron chi connectivity index (χ1n) is 5.90. The van der Waals surface area contributed by atoms with Gasteiger partial charge in [0.25, 0.3) is 11.5 Å². The van der Waals surface area contributed by atoms with E-state index in [9.17, 15) is 9.59 Å². The van der Waals surface area contributed by atoms with E-state index in [-0.39, 0.29) is 17.0 Å². The van der Waals surface area contributed by atoms with Gasteiger partial charge >= 0.3 is 0 Å². The minimum absolute atomic E-state index is 0.141. The summed E-state index contributed by atoms with van der Waals surface area (Å²) < 4.78 is 1.84. The van der Waals surface area contributed by atoms with Gasteiger partial charge < -0.3 is 14.5 Å². The third-order valence-corrected chi connectivity index (χ3v) is 2.93. The highest BCUT2D eigenvalue weighted by Crippen LogP contribution is 2.04. The summed E-state index contributed by atoms with van der Waals surface area (Å²) in [6.45, 7) is 2.13. The summed E-state index contributed by atoms with van der Waals surface area (Å²) in [5.74, 6) is 0.448. The average Bonchev–Trinajstić information content (AvgIpc) is 2.74. The van der Waals surface area contributed by atoms with Crippen LogP contribution in [0.4, 0.5) is 0 Å². The number of aryl methyl sites for hydroxylation is 2. The Bertz CT molecular complexity index is 657. The summed E-state index contributed by atoms with van der Waals surface area (Å²) >= 11 is 0. The number of imidazole rings is 1. The Kier molecular flexibility index (Phi) is 3.50. The van der Waals surface area contributed by atoms with Gasteiger partial charge in [-0.05, 0) is 19.1 Å². The maximum absolute atomic E-state index is 12.2. The van der Waals surface area contributed by atoms with E-state index < -0.39 is 0 Å². The molecule has 6 nitrogen and oxygen atoms in total. The highest BCUT2D eigenvalue weighted by Gasteiger charge is 2.16. The molecule has 0 aliphatic carbocycles. The van der Waals surface area contributed by atoms with Crippen molar-refractivity contribution < 1.29 is 4.79 Å². The largest absolute Gasteiger partial charge is 0.337 e. The fraction of sp³-hybridized carbons (Fsp3) is 0.308. The molecule has 2 aromatic rings. The number of pyridine rings is 1. The SMILES string of the molecule is Cc1ccc(C(=O)N(C)Cc2nccn2C)c(=O)[nH]1. The van der Waals surface area contributed by atoms with E-state index in [1.165, 1.54) is 4.90 Å². The number of aromatic amines is 1. The highest BCUT2D eigenvalue weighted by atomic mass is 16.2. The second kappa shape index (κ2) is 5.09. The van der Waals surface area contributed by atoms with E-state index in [1.54, 1.807) is 32.3 Å². The van der Waals surface area contributed by atoms with Crippen LogP contribution in [-0.4, -0.2) is 32.4 Å². The maximum atomic E-state index is 12.2. The zero-order valence-electron chi connectivity index (χ0n) is 11.2. The molecule has 0 saturated heterocycles. The van der Waals surface area contributed by atoms with E-state index in [4.69, 9.17) is 0 Å². The van der Waals surface area contributed by atoms with Crippen LogP contribution in [-0.2, 0) is 13.6 Å². The molecule has 0 atom stereocenters. The van der Waals surface area contributed by atoms with Crippen LogP contribution in [0.2, 0.25) is 0 Å². The maximum Gasteiger partial charge on any atom is 0.260 e. The standard InChI is InChI=1S/C13H16N4O2/c1-9-4-5-10(12(18)15-9)13(19)17(3)8-11-14-6-7-16(11)2/h4-7H,8H2,1-3H3,(H,15,18). The lowest BCUT2D eigenvalue weighted by Gasteiger charge is -2.16. The van der Waals surface area contributed by atoms with Gasteiger partial charge in [0.2, 0.25) is 0 Å². The Balaban J connectivity index is 2.20. The second-order valence-electron chi connectivity index (χ2n) is 4.50. The Morgan fingerprint density at radius 3 is 2.79 bits per heavy atom. The molecular formula is C13H16N4O2. The van der Waals surface area contributed by atoms with E-state index in [0.29, 0.717) is 6.54 Å². The molecular weight excluding hydrogens is 244 g/mol. The van der Waals surface area contributed by atoms with Crippen LogP contribution < -0.4 is 5.56 Å². The van der Waals surface area contributed by atoms with Crippen LogP contribution in [0.3, 0.4) is 0 Å². The molecule has 0 spiro atoms. The number of hydrogen-bond acceptors (Lipinski definition) is 3. The van der Waals surface area contributed by atoms with E-state index in [1.807, 2.05) is 17.8 Å². The van der Waals surface area contributed by atoms with Gasteiger partial charge in [-0.25, -0.2) is 4.98 Å². The van der Waals surface area contributed by atoms with Crippen molar-refractivity contribution in [3.05, 3.63) is 52.0 Å². The Morgan fingerprint density at radius 1 is 1.47 bits per heavy atom. The Labute approximate surface area is 110 Å². The molecule has 1 N–H and O–H groups in total. The number of nitrogens with zero attached hydrogens (tertiary/aromatic N) is 3. The van der Waals surface area contributed by atoms with Crippen LogP contribution >= 0.6 is 0 Å². The fourth-order valence-electron chi connectivity index (χ4n) is 1.78. The molecule has 1 amide bonds. The number of aromatic nitrogens is 3. The first kappa shape index (κ1) is 13.1. The molecule has 100 valence electrons. The monoisotopic (exact) mass is 260 g/mol. The molecule has 0 fully saturated rings. The van der Waals surface area contributed by atoms with E-state index in [0.717, 1.165) is 11.5 Å². The van der Waals surface area contributed by atoms with Crippen LogP contribution in [0.1, 0.15) is 21.9 Å². The topological polar surface area (TPSA) is 71.0 Å². The number of carbonyl (C=O) groups is 1. The molecule has 2 rings (SSSR count). The number of hydrogen-bond donors (Lipinski definition) is 1. The average molecular weight is 260 g/mol. The van der Waals surface area contributed by atoms with Crippen LogP contribution in [0.5, 0.6) is 0 Å². The van der Waals surface area contributed by atoms with Gasteiger partial charge in [-0.1, -0.05) is 0 Å². The van der Waals surface area contributed by atoms with Crippen LogP contribution in [0, 0.1) is 6.92 Å². The van der Waals surface area contributed by atoms with Gasteiger partial charge in [0.1, 0.15) is 11.4 Å². The first-order chi connectivity index (χ1) is 8.99. The van der Waals surface area contributed by atoms with Crippen molar-refractivity contribution in [3.63, 3.8) is 0 Å². The van der Waals surface area contributed by atoms with Crippen molar-refractivity contribution in [2.75, 3.05) is 7.05 Å². The van der Waals surface area contributed by atoms with Gasteiger partial charge in [-0.15, -0.1) is 0 Å². The lowest BCUT2D eigenvalue weighted by Crippen LogP contribution is -2.32. The van der Waals surface area contributed by atoms with E-state index in [2.05, 4.69) is 9.97 Å². The third kappa shape index (κ3) is 2.73. The molecule has 0 aliphatic rings. The zero-order valence-corrected chi connectivity index (χ0v) is 11.2. The normalized spacial score (nSPS) is 10.5. The molecule has 0 saturated carbocycles. The molecule has 0 aromatic carbocycles. The molecule has 0 unspecified atom stereocenters. The van der Waals surface area contributed by atoms with Crippen molar-refractivity contribution in [2.24, 2.45) is 7.05 Å². The molecule has 19 heavy (non-hydrogen) atoms. The summed E-state index contributed by atoms with van der Waals surface area (Å²) in [6, 6.07) is 3.26. The zero-order chi connectivity index (χ0) is 14.0. The fourth-order valence-corrected chi connectivity index (χ4v) is 1.78. The van der Waals surface area contributed by atoms with Crippen LogP contribution in [0.25, 0.3) is 0 Å². The number of carbonyl (C=O) groups excluding carboxylic acids is 1. The van der Waals surface area contributed by atoms with Crippen LogP contribution in [0.15, 0.2) is 29.3 Å². The highest BCUT2D eigenvalue weighted by molar-refractivity contribution is 5.93. The van der Waals surface area contributed by atoms with Crippen molar-refractivity contribution >= 4 is 5.91 Å². The van der Waals surface area contributed by atoms with Gasteiger partial charge in [-0.2, -0.15) is 0 Å². The molecule has 0 aliphatic heterocycles. The Hall–Kier alpha value is -2.37. The van der Waals surface area contributed by atoms with E-state index >= 15 is 0 Å². The van der Waals surface area contributed by atoms with Crippen molar-refractivity contribution in [2.45, 2.75) is 13.5 Å². The summed E-state index contributed by atoms with van der Waals surface area (Å²) in [6.07, 6.45) is 3.48. The summed E-state index contributed by atoms with van der Waals surface area (Å²) in [7, 11) is 3.51. The number of rotatable bonds is 3. The lowest BCUT2D eigenvalue weighted by molar-refractivity contribution is 0.0778. The number of amides is 1. The number of nitrogens with one attached hydrogen (secondary N) is 1. The summed E-state index contributed by atoms with van der Waals surface area (Å²) in [4.78, 5) is 32.2. The van der Waals surface area contributed by atoms with Gasteiger partial charge in [-0.3, -0.25) is 9.59 Å². The van der Waals surface area contributed by atoms with Gasteiger partial charge in [0.05, 0.1) is 6.54 Å². The summed E-state index contributed by atoms with van der Waals surface area (Å²) in [5, 5.41) is 0. The number of H-pyrrole nitrogens is 1. The predicted octanol–water partition coefficient (Wildman–Crippen LogP) is 0.689. The quantitative estimate of drug-likeness (QED) is 0.882. The molecule has 0 bridgehead atoms.